The number of halogens is 1. The number of carbonyl (C=O) groups excluding carboxylic acids is 1. The summed E-state index contributed by atoms with van der Waals surface area (Å²) in [5.74, 6) is -0.894. The molecule has 0 bridgehead atoms. The number of sulfonamides is 1. The molecule has 1 amide bonds. The van der Waals surface area contributed by atoms with Gasteiger partial charge in [0.1, 0.15) is 5.82 Å². The van der Waals surface area contributed by atoms with Crippen LogP contribution in [0.3, 0.4) is 0 Å². The molecule has 0 spiro atoms. The summed E-state index contributed by atoms with van der Waals surface area (Å²) in [7, 11) is -3.73. The molecule has 0 saturated heterocycles. The Balaban J connectivity index is 1.86. The van der Waals surface area contributed by atoms with E-state index in [9.17, 15) is 22.7 Å². The van der Waals surface area contributed by atoms with Gasteiger partial charge in [0.05, 0.1) is 11.0 Å². The first-order valence-electron chi connectivity index (χ1n) is 8.88. The van der Waals surface area contributed by atoms with Crippen molar-refractivity contribution in [1.82, 2.24) is 10.0 Å². The maximum Gasteiger partial charge on any atom is 0.241 e. The standard InChI is InChI=1S/C20H25FN2O4S/c1-13-9-14(2)20(15(3)10-13)28(26,27)23-8-7-19(25)22-12-18(24)16-5-4-6-17(21)11-16/h4-6,9-11,18,23-24H,7-8,12H2,1-3H3,(H,22,25). The summed E-state index contributed by atoms with van der Waals surface area (Å²) in [6, 6.07) is 9.07. The predicted molar refractivity (Wildman–Crippen MR) is 105 cm³/mol. The van der Waals surface area contributed by atoms with Crippen LogP contribution in [0.4, 0.5) is 4.39 Å². The minimum absolute atomic E-state index is 0.0724. The minimum atomic E-state index is -3.73. The summed E-state index contributed by atoms with van der Waals surface area (Å²) in [6.45, 7) is 5.19. The second-order valence-corrected chi connectivity index (χ2v) is 8.45. The highest BCUT2D eigenvalue weighted by Gasteiger charge is 2.20. The Labute approximate surface area is 164 Å². The molecule has 0 radical (unpaired) electrons. The SMILES string of the molecule is Cc1cc(C)c(S(=O)(=O)NCCC(=O)NCC(O)c2cccc(F)c2)c(C)c1. The van der Waals surface area contributed by atoms with E-state index in [0.717, 1.165) is 5.56 Å². The molecule has 0 aliphatic rings. The van der Waals surface area contributed by atoms with Crippen molar-refractivity contribution in [2.45, 2.75) is 38.2 Å². The minimum Gasteiger partial charge on any atom is -0.387 e. The van der Waals surface area contributed by atoms with Crippen LogP contribution in [0.25, 0.3) is 0 Å². The molecule has 0 heterocycles. The summed E-state index contributed by atoms with van der Waals surface area (Å²) in [4.78, 5) is 12.1. The Morgan fingerprint density at radius 3 is 2.39 bits per heavy atom. The summed E-state index contributed by atoms with van der Waals surface area (Å²) < 4.78 is 40.7. The number of aryl methyl sites for hydroxylation is 3. The van der Waals surface area contributed by atoms with Gasteiger partial charge in [0.2, 0.25) is 15.9 Å². The van der Waals surface area contributed by atoms with Crippen molar-refractivity contribution in [2.24, 2.45) is 0 Å². The topological polar surface area (TPSA) is 95.5 Å². The number of benzene rings is 2. The van der Waals surface area contributed by atoms with Crippen molar-refractivity contribution in [3.63, 3.8) is 0 Å². The zero-order valence-corrected chi connectivity index (χ0v) is 16.9. The number of hydrogen-bond donors (Lipinski definition) is 3. The molecule has 1 atom stereocenters. The summed E-state index contributed by atoms with van der Waals surface area (Å²) in [5.41, 5.74) is 2.62. The molecule has 0 aliphatic heterocycles. The van der Waals surface area contributed by atoms with Crippen LogP contribution in [-0.4, -0.2) is 32.5 Å². The van der Waals surface area contributed by atoms with Gasteiger partial charge in [-0.25, -0.2) is 17.5 Å². The third-order valence-corrected chi connectivity index (χ3v) is 6.01. The predicted octanol–water partition coefficient (Wildman–Crippen LogP) is 2.27. The van der Waals surface area contributed by atoms with Crippen molar-refractivity contribution in [3.05, 3.63) is 64.5 Å². The second-order valence-electron chi connectivity index (χ2n) is 6.75. The lowest BCUT2D eigenvalue weighted by Gasteiger charge is -2.14. The van der Waals surface area contributed by atoms with E-state index >= 15 is 0 Å². The van der Waals surface area contributed by atoms with Crippen LogP contribution in [0, 0.1) is 26.6 Å². The number of carbonyl (C=O) groups is 1. The molecule has 0 saturated carbocycles. The van der Waals surface area contributed by atoms with Gasteiger partial charge in [0.15, 0.2) is 0 Å². The molecular weight excluding hydrogens is 383 g/mol. The lowest BCUT2D eigenvalue weighted by Crippen LogP contribution is -2.33. The molecule has 0 aliphatic carbocycles. The third-order valence-electron chi connectivity index (χ3n) is 4.24. The molecule has 6 nitrogen and oxygen atoms in total. The molecule has 28 heavy (non-hydrogen) atoms. The van der Waals surface area contributed by atoms with Crippen LogP contribution in [0.15, 0.2) is 41.3 Å². The van der Waals surface area contributed by atoms with Crippen LogP contribution in [0.5, 0.6) is 0 Å². The third kappa shape index (κ3) is 5.85. The Morgan fingerprint density at radius 1 is 1.14 bits per heavy atom. The Hall–Kier alpha value is -2.29. The van der Waals surface area contributed by atoms with E-state index in [0.29, 0.717) is 16.7 Å². The number of amides is 1. The summed E-state index contributed by atoms with van der Waals surface area (Å²) in [6.07, 6.45) is -1.13. The van der Waals surface area contributed by atoms with Gasteiger partial charge >= 0.3 is 0 Å². The lowest BCUT2D eigenvalue weighted by atomic mass is 10.1. The average molecular weight is 408 g/mol. The van der Waals surface area contributed by atoms with Crippen molar-refractivity contribution < 1.29 is 22.7 Å². The molecule has 2 rings (SSSR count). The van der Waals surface area contributed by atoms with Crippen LogP contribution >= 0.6 is 0 Å². The Kier molecular flexibility index (Phi) is 7.29. The number of rotatable bonds is 8. The van der Waals surface area contributed by atoms with Gasteiger partial charge in [0, 0.05) is 19.5 Å². The first-order chi connectivity index (χ1) is 13.1. The molecule has 2 aromatic rings. The van der Waals surface area contributed by atoms with Crippen LogP contribution in [-0.2, 0) is 14.8 Å². The number of aliphatic hydroxyl groups is 1. The van der Waals surface area contributed by atoms with Gasteiger partial charge in [-0.1, -0.05) is 29.8 Å². The fraction of sp³-hybridized carbons (Fsp3) is 0.350. The normalized spacial score (nSPS) is 12.6. The molecule has 1 unspecified atom stereocenters. The molecule has 0 fully saturated rings. The quantitative estimate of drug-likeness (QED) is 0.624. The van der Waals surface area contributed by atoms with Gasteiger partial charge in [-0.05, 0) is 49.6 Å². The molecular formula is C20H25FN2O4S. The van der Waals surface area contributed by atoms with E-state index < -0.39 is 27.9 Å². The summed E-state index contributed by atoms with van der Waals surface area (Å²) in [5, 5.41) is 12.5. The number of nitrogens with one attached hydrogen (secondary N) is 2. The van der Waals surface area contributed by atoms with Crippen molar-refractivity contribution >= 4 is 15.9 Å². The Bertz CT molecular complexity index is 937. The largest absolute Gasteiger partial charge is 0.387 e. The zero-order valence-electron chi connectivity index (χ0n) is 16.1. The summed E-state index contributed by atoms with van der Waals surface area (Å²) >= 11 is 0. The number of hydrogen-bond acceptors (Lipinski definition) is 4. The fourth-order valence-corrected chi connectivity index (χ4v) is 4.57. The van der Waals surface area contributed by atoms with E-state index in [1.807, 2.05) is 6.92 Å². The van der Waals surface area contributed by atoms with E-state index in [1.54, 1.807) is 32.0 Å². The molecule has 3 N–H and O–H groups in total. The molecule has 2 aromatic carbocycles. The molecule has 152 valence electrons. The first kappa shape index (κ1) is 22.0. The van der Waals surface area contributed by atoms with Crippen LogP contribution < -0.4 is 10.0 Å². The highest BCUT2D eigenvalue weighted by Crippen LogP contribution is 2.21. The van der Waals surface area contributed by atoms with E-state index in [4.69, 9.17) is 0 Å². The first-order valence-corrected chi connectivity index (χ1v) is 10.4. The average Bonchev–Trinajstić information content (AvgIpc) is 2.58. The highest BCUT2D eigenvalue weighted by atomic mass is 32.2. The molecule has 8 heteroatoms. The molecule has 0 aromatic heterocycles. The smallest absolute Gasteiger partial charge is 0.241 e. The van der Waals surface area contributed by atoms with E-state index in [-0.39, 0.29) is 24.4 Å². The fourth-order valence-electron chi connectivity index (χ4n) is 3.09. The van der Waals surface area contributed by atoms with Crippen molar-refractivity contribution in [2.75, 3.05) is 13.1 Å². The van der Waals surface area contributed by atoms with E-state index in [2.05, 4.69) is 10.0 Å². The van der Waals surface area contributed by atoms with Crippen LogP contribution in [0.2, 0.25) is 0 Å². The van der Waals surface area contributed by atoms with Gasteiger partial charge in [-0.3, -0.25) is 4.79 Å². The van der Waals surface area contributed by atoms with Crippen molar-refractivity contribution in [3.8, 4) is 0 Å². The second kappa shape index (κ2) is 9.27. The van der Waals surface area contributed by atoms with Gasteiger partial charge < -0.3 is 10.4 Å². The Morgan fingerprint density at radius 2 is 1.79 bits per heavy atom. The maximum atomic E-state index is 13.2. The van der Waals surface area contributed by atoms with Gasteiger partial charge in [0.25, 0.3) is 0 Å². The zero-order chi connectivity index (χ0) is 20.9. The lowest BCUT2D eigenvalue weighted by molar-refractivity contribution is -0.121. The van der Waals surface area contributed by atoms with Crippen molar-refractivity contribution in [1.29, 1.82) is 0 Å². The van der Waals surface area contributed by atoms with Crippen LogP contribution in [0.1, 0.15) is 34.8 Å². The van der Waals surface area contributed by atoms with Gasteiger partial charge in [-0.15, -0.1) is 0 Å². The number of aliphatic hydroxyl groups excluding tert-OH is 1. The maximum absolute atomic E-state index is 13.2. The van der Waals surface area contributed by atoms with Gasteiger partial charge in [-0.2, -0.15) is 0 Å². The highest BCUT2D eigenvalue weighted by molar-refractivity contribution is 7.89. The monoisotopic (exact) mass is 408 g/mol. The van der Waals surface area contributed by atoms with E-state index in [1.165, 1.54) is 18.2 Å².